The van der Waals surface area contributed by atoms with Crippen molar-refractivity contribution in [3.8, 4) is 5.75 Å². The molecule has 0 N–H and O–H groups in total. The van der Waals surface area contributed by atoms with Gasteiger partial charge in [0.15, 0.2) is 10.7 Å². The van der Waals surface area contributed by atoms with Crippen molar-refractivity contribution in [1.29, 1.82) is 0 Å². The Morgan fingerprint density at radius 3 is 2.51 bits per heavy atom. The lowest BCUT2D eigenvalue weighted by atomic mass is 9.83. The molecule has 3 aromatic heterocycles. The SMILES string of the molecule is COc1ccc(Cn2nc(Sc3ncnc4ccccc34)c3ncc(N4CCC(C)(C)CC4)nc32)cc1. The number of piperidine rings is 1. The summed E-state index contributed by atoms with van der Waals surface area (Å²) in [6.45, 7) is 7.21. The Hall–Kier alpha value is -3.72. The van der Waals surface area contributed by atoms with Crippen LogP contribution in [0.15, 0.2) is 71.1 Å². The van der Waals surface area contributed by atoms with E-state index in [2.05, 4.69) is 40.8 Å². The molecule has 1 saturated heterocycles. The monoisotopic (exact) mass is 511 g/mol. The van der Waals surface area contributed by atoms with Gasteiger partial charge >= 0.3 is 0 Å². The van der Waals surface area contributed by atoms with E-state index in [1.165, 1.54) is 11.8 Å². The molecule has 188 valence electrons. The third kappa shape index (κ3) is 4.83. The van der Waals surface area contributed by atoms with Crippen LogP contribution in [0, 0.1) is 5.41 Å². The second kappa shape index (κ2) is 9.63. The van der Waals surface area contributed by atoms with E-state index in [1.807, 2.05) is 47.3 Å². The molecule has 0 spiro atoms. The number of anilines is 1. The summed E-state index contributed by atoms with van der Waals surface area (Å²) in [7, 11) is 1.68. The number of hydrogen-bond donors (Lipinski definition) is 0. The minimum atomic E-state index is 0.369. The van der Waals surface area contributed by atoms with Gasteiger partial charge in [0.25, 0.3) is 0 Å². The van der Waals surface area contributed by atoms with Gasteiger partial charge in [0.1, 0.15) is 28.4 Å². The highest BCUT2D eigenvalue weighted by Crippen LogP contribution is 2.36. The van der Waals surface area contributed by atoms with E-state index in [0.29, 0.717) is 12.0 Å². The largest absolute Gasteiger partial charge is 0.497 e. The standard InChI is InChI=1S/C28H29N7OS/c1-28(2)12-14-34(15-13-28)23-16-29-24-25(32-23)35(17-19-8-10-20(36-3)11-9-19)33-27(24)37-26-21-6-4-5-7-22(21)30-18-31-26/h4-11,16,18H,12-15,17H2,1-3H3. The lowest BCUT2D eigenvalue weighted by Crippen LogP contribution is -2.37. The van der Waals surface area contributed by atoms with E-state index in [4.69, 9.17) is 19.8 Å². The normalized spacial score (nSPS) is 15.4. The number of methoxy groups -OCH3 is 1. The Balaban J connectivity index is 1.40. The van der Waals surface area contributed by atoms with Gasteiger partial charge in [-0.1, -0.05) is 44.2 Å². The van der Waals surface area contributed by atoms with E-state index in [-0.39, 0.29) is 0 Å². The molecule has 8 nitrogen and oxygen atoms in total. The summed E-state index contributed by atoms with van der Waals surface area (Å²) in [6.07, 6.45) is 5.77. The topological polar surface area (TPSA) is 81.8 Å². The molecule has 0 radical (unpaired) electrons. The van der Waals surface area contributed by atoms with E-state index in [1.54, 1.807) is 13.4 Å². The number of aromatic nitrogens is 6. The molecule has 37 heavy (non-hydrogen) atoms. The smallest absolute Gasteiger partial charge is 0.180 e. The molecule has 6 rings (SSSR count). The van der Waals surface area contributed by atoms with Gasteiger partial charge in [0.05, 0.1) is 25.4 Å². The van der Waals surface area contributed by atoms with Gasteiger partial charge in [0, 0.05) is 18.5 Å². The van der Waals surface area contributed by atoms with Crippen LogP contribution in [0.3, 0.4) is 0 Å². The molecule has 0 amide bonds. The number of fused-ring (bicyclic) bond motifs is 2. The fourth-order valence-electron chi connectivity index (χ4n) is 4.63. The lowest BCUT2D eigenvalue weighted by molar-refractivity contribution is 0.279. The quantitative estimate of drug-likeness (QED) is 0.272. The zero-order chi connectivity index (χ0) is 25.4. The van der Waals surface area contributed by atoms with Gasteiger partial charge in [-0.2, -0.15) is 5.10 Å². The Labute approximate surface area is 220 Å². The zero-order valence-electron chi connectivity index (χ0n) is 21.3. The van der Waals surface area contributed by atoms with Crippen LogP contribution in [0.5, 0.6) is 5.75 Å². The molecule has 1 fully saturated rings. The molecule has 1 aliphatic rings. The molecule has 1 aliphatic heterocycles. The third-order valence-electron chi connectivity index (χ3n) is 7.03. The van der Waals surface area contributed by atoms with E-state index in [0.717, 1.165) is 75.2 Å². The highest BCUT2D eigenvalue weighted by Gasteiger charge is 2.27. The minimum Gasteiger partial charge on any atom is -0.497 e. The number of benzene rings is 2. The van der Waals surface area contributed by atoms with Crippen LogP contribution in [-0.2, 0) is 6.54 Å². The first-order valence-corrected chi connectivity index (χ1v) is 13.3. The van der Waals surface area contributed by atoms with Crippen LogP contribution in [0.4, 0.5) is 5.82 Å². The van der Waals surface area contributed by atoms with Crippen molar-refractivity contribution in [3.63, 3.8) is 0 Å². The van der Waals surface area contributed by atoms with Crippen LogP contribution in [-0.4, -0.2) is 49.9 Å². The van der Waals surface area contributed by atoms with E-state index < -0.39 is 0 Å². The molecule has 0 saturated carbocycles. The predicted octanol–water partition coefficient (Wildman–Crippen LogP) is 5.60. The summed E-state index contributed by atoms with van der Waals surface area (Å²) in [5.41, 5.74) is 3.94. The van der Waals surface area contributed by atoms with Crippen LogP contribution in [0.1, 0.15) is 32.3 Å². The van der Waals surface area contributed by atoms with E-state index >= 15 is 0 Å². The number of ether oxygens (including phenoxy) is 1. The molecule has 5 aromatic rings. The molecule has 0 unspecified atom stereocenters. The first kappa shape index (κ1) is 23.7. The average molecular weight is 512 g/mol. The fraction of sp³-hybridized carbons (Fsp3) is 0.321. The molecule has 0 bridgehead atoms. The number of rotatable bonds is 6. The maximum absolute atomic E-state index is 5.33. The summed E-state index contributed by atoms with van der Waals surface area (Å²) >= 11 is 1.51. The first-order valence-electron chi connectivity index (χ1n) is 12.5. The average Bonchev–Trinajstić information content (AvgIpc) is 3.25. The highest BCUT2D eigenvalue weighted by molar-refractivity contribution is 7.99. The fourth-order valence-corrected chi connectivity index (χ4v) is 5.58. The highest BCUT2D eigenvalue weighted by atomic mass is 32.2. The van der Waals surface area contributed by atoms with Gasteiger partial charge in [0.2, 0.25) is 0 Å². The second-order valence-corrected chi connectivity index (χ2v) is 11.1. The molecular weight excluding hydrogens is 482 g/mol. The van der Waals surface area contributed by atoms with Crippen LogP contribution in [0.2, 0.25) is 0 Å². The predicted molar refractivity (Wildman–Crippen MR) is 146 cm³/mol. The van der Waals surface area contributed by atoms with Gasteiger partial charge in [-0.05, 0) is 53.8 Å². The lowest BCUT2D eigenvalue weighted by Gasteiger charge is -2.37. The van der Waals surface area contributed by atoms with Crippen LogP contribution < -0.4 is 9.64 Å². The van der Waals surface area contributed by atoms with Crippen molar-refractivity contribution in [2.24, 2.45) is 5.41 Å². The second-order valence-electron chi connectivity index (χ2n) is 10.2. The molecular formula is C28H29N7OS. The summed E-state index contributed by atoms with van der Waals surface area (Å²) in [4.78, 5) is 21.3. The Kier molecular flexibility index (Phi) is 6.16. The summed E-state index contributed by atoms with van der Waals surface area (Å²) in [5.74, 6) is 1.74. The number of hydrogen-bond acceptors (Lipinski definition) is 8. The van der Waals surface area contributed by atoms with Crippen molar-refractivity contribution < 1.29 is 4.74 Å². The van der Waals surface area contributed by atoms with Gasteiger partial charge in [-0.3, -0.25) is 0 Å². The van der Waals surface area contributed by atoms with Crippen molar-refractivity contribution in [3.05, 3.63) is 66.6 Å². The van der Waals surface area contributed by atoms with Crippen molar-refractivity contribution in [2.45, 2.75) is 43.3 Å². The molecule has 9 heteroatoms. The Bertz CT molecular complexity index is 1550. The maximum Gasteiger partial charge on any atom is 0.180 e. The summed E-state index contributed by atoms with van der Waals surface area (Å²) < 4.78 is 7.28. The van der Waals surface area contributed by atoms with Gasteiger partial charge in [-0.15, -0.1) is 0 Å². The zero-order valence-corrected chi connectivity index (χ0v) is 22.1. The molecule has 0 atom stereocenters. The summed E-state index contributed by atoms with van der Waals surface area (Å²) in [5, 5.41) is 7.61. The Morgan fingerprint density at radius 1 is 0.946 bits per heavy atom. The van der Waals surface area contributed by atoms with Crippen LogP contribution in [0.25, 0.3) is 22.1 Å². The van der Waals surface area contributed by atoms with Crippen LogP contribution >= 0.6 is 11.8 Å². The number of para-hydroxylation sites is 1. The Morgan fingerprint density at radius 2 is 1.73 bits per heavy atom. The molecule has 0 aliphatic carbocycles. The third-order valence-corrected chi connectivity index (χ3v) is 8.02. The molecule has 4 heterocycles. The number of nitrogens with zero attached hydrogens (tertiary/aromatic N) is 7. The summed E-state index contributed by atoms with van der Waals surface area (Å²) in [6, 6.07) is 16.1. The van der Waals surface area contributed by atoms with Gasteiger partial charge < -0.3 is 9.64 Å². The van der Waals surface area contributed by atoms with E-state index in [9.17, 15) is 0 Å². The maximum atomic E-state index is 5.33. The van der Waals surface area contributed by atoms with Crippen molar-refractivity contribution in [1.82, 2.24) is 29.7 Å². The minimum absolute atomic E-state index is 0.369. The van der Waals surface area contributed by atoms with Gasteiger partial charge in [-0.25, -0.2) is 24.6 Å². The molecule has 2 aromatic carbocycles. The van der Waals surface area contributed by atoms with Crippen molar-refractivity contribution >= 4 is 39.6 Å². The first-order chi connectivity index (χ1) is 18.0. The van der Waals surface area contributed by atoms with Crippen molar-refractivity contribution in [2.75, 3.05) is 25.1 Å².